The minimum atomic E-state index is -0.779. The second-order valence-electron chi connectivity index (χ2n) is 3.63. The van der Waals surface area contributed by atoms with E-state index in [9.17, 15) is 10.2 Å². The summed E-state index contributed by atoms with van der Waals surface area (Å²) in [6, 6.07) is 0. The molecular weight excluding hydrogens is 192 g/mol. The highest BCUT2D eigenvalue weighted by Gasteiger charge is 2.16. The molecule has 2 unspecified atom stereocenters. The van der Waals surface area contributed by atoms with Gasteiger partial charge in [-0.15, -0.1) is 0 Å². The first-order chi connectivity index (χ1) is 7.25. The van der Waals surface area contributed by atoms with E-state index < -0.39 is 6.10 Å². The van der Waals surface area contributed by atoms with Gasteiger partial charge in [-0.1, -0.05) is 18.2 Å². The lowest BCUT2D eigenvalue weighted by Gasteiger charge is -2.20. The highest BCUT2D eigenvalue weighted by molar-refractivity contribution is 5.24. The van der Waals surface area contributed by atoms with E-state index in [1.807, 2.05) is 24.3 Å². The van der Waals surface area contributed by atoms with Crippen molar-refractivity contribution in [3.05, 3.63) is 48.0 Å². The quantitative estimate of drug-likeness (QED) is 0.726. The molecule has 3 nitrogen and oxygen atoms in total. The Bertz CT molecular complexity index is 350. The molecule has 3 heteroatoms. The van der Waals surface area contributed by atoms with Crippen LogP contribution in [0, 0.1) is 0 Å². The predicted molar refractivity (Wildman–Crippen MR) is 57.2 cm³/mol. The lowest BCUT2D eigenvalue weighted by molar-refractivity contribution is 0.131. The van der Waals surface area contributed by atoms with Gasteiger partial charge in [0.2, 0.25) is 0 Å². The zero-order chi connectivity index (χ0) is 10.7. The Morgan fingerprint density at radius 3 is 2.80 bits per heavy atom. The average molecular weight is 206 g/mol. The van der Waals surface area contributed by atoms with Crippen LogP contribution in [-0.2, 0) is 4.74 Å². The van der Waals surface area contributed by atoms with Gasteiger partial charge in [-0.05, 0) is 12.2 Å². The Labute approximate surface area is 88.7 Å². The van der Waals surface area contributed by atoms with Gasteiger partial charge in [0, 0.05) is 18.9 Å². The molecule has 15 heavy (non-hydrogen) atoms. The Kier molecular flexibility index (Phi) is 2.92. The smallest absolute Gasteiger partial charge is 0.125 e. The standard InChI is InChI=1S/C12H14O3/c13-11-7-6-10(8-12(11)14)15-9-4-2-1-3-5-9/h1-4,6,8-9,11,13-14H,5,7H2. The Balaban J connectivity index is 1.96. The maximum atomic E-state index is 9.34. The first kappa shape index (κ1) is 10.1. The fourth-order valence-corrected chi connectivity index (χ4v) is 1.55. The third-order valence-electron chi connectivity index (χ3n) is 2.40. The van der Waals surface area contributed by atoms with Gasteiger partial charge in [0.05, 0.1) is 0 Å². The van der Waals surface area contributed by atoms with Crippen LogP contribution in [0.3, 0.4) is 0 Å². The van der Waals surface area contributed by atoms with E-state index in [1.54, 1.807) is 6.08 Å². The fourth-order valence-electron chi connectivity index (χ4n) is 1.55. The normalized spacial score (nSPS) is 29.7. The molecule has 0 saturated heterocycles. The topological polar surface area (TPSA) is 49.7 Å². The molecule has 0 fully saturated rings. The fraction of sp³-hybridized carbons (Fsp3) is 0.333. The average Bonchev–Trinajstić information content (AvgIpc) is 2.25. The summed E-state index contributed by atoms with van der Waals surface area (Å²) in [4.78, 5) is 0. The van der Waals surface area contributed by atoms with E-state index in [0.717, 1.165) is 6.42 Å². The summed E-state index contributed by atoms with van der Waals surface area (Å²) < 4.78 is 5.63. The second-order valence-corrected chi connectivity index (χ2v) is 3.63. The van der Waals surface area contributed by atoms with E-state index in [1.165, 1.54) is 6.08 Å². The summed E-state index contributed by atoms with van der Waals surface area (Å²) >= 11 is 0. The maximum absolute atomic E-state index is 9.34. The van der Waals surface area contributed by atoms with Crippen LogP contribution in [0.5, 0.6) is 0 Å². The monoisotopic (exact) mass is 206 g/mol. The number of hydrogen-bond donors (Lipinski definition) is 2. The SMILES string of the molecule is OC1=CC(OC2C=CC=CC2)=CCC1O. The summed E-state index contributed by atoms with van der Waals surface area (Å²) in [6.07, 6.45) is 11.7. The zero-order valence-corrected chi connectivity index (χ0v) is 8.34. The molecule has 2 aliphatic carbocycles. The molecule has 2 rings (SSSR count). The summed E-state index contributed by atoms with van der Waals surface area (Å²) in [5.74, 6) is 0.602. The largest absolute Gasteiger partial charge is 0.509 e. The molecule has 80 valence electrons. The van der Waals surface area contributed by atoms with Crippen LogP contribution >= 0.6 is 0 Å². The molecule has 0 spiro atoms. The molecule has 2 aliphatic rings. The van der Waals surface area contributed by atoms with E-state index in [-0.39, 0.29) is 11.9 Å². The maximum Gasteiger partial charge on any atom is 0.125 e. The van der Waals surface area contributed by atoms with E-state index in [2.05, 4.69) is 0 Å². The number of hydrogen-bond acceptors (Lipinski definition) is 3. The molecule has 0 amide bonds. The van der Waals surface area contributed by atoms with Crippen LogP contribution in [0.25, 0.3) is 0 Å². The van der Waals surface area contributed by atoms with Crippen LogP contribution in [-0.4, -0.2) is 22.4 Å². The van der Waals surface area contributed by atoms with Crippen molar-refractivity contribution in [1.82, 2.24) is 0 Å². The Morgan fingerprint density at radius 2 is 2.13 bits per heavy atom. The number of ether oxygens (including phenoxy) is 1. The lowest BCUT2D eigenvalue weighted by Crippen LogP contribution is -2.16. The van der Waals surface area contributed by atoms with Crippen molar-refractivity contribution >= 4 is 0 Å². The molecule has 0 aromatic rings. The van der Waals surface area contributed by atoms with E-state index in [4.69, 9.17) is 4.74 Å². The first-order valence-corrected chi connectivity index (χ1v) is 5.04. The third-order valence-corrected chi connectivity index (χ3v) is 2.40. The van der Waals surface area contributed by atoms with Crippen molar-refractivity contribution < 1.29 is 14.9 Å². The number of rotatable bonds is 2. The van der Waals surface area contributed by atoms with Gasteiger partial charge in [-0.2, -0.15) is 0 Å². The van der Waals surface area contributed by atoms with Crippen molar-refractivity contribution in [2.45, 2.75) is 25.0 Å². The highest BCUT2D eigenvalue weighted by atomic mass is 16.5. The molecule has 0 aliphatic heterocycles. The Morgan fingerprint density at radius 1 is 1.27 bits per heavy atom. The van der Waals surface area contributed by atoms with Gasteiger partial charge < -0.3 is 14.9 Å². The minimum Gasteiger partial charge on any atom is -0.509 e. The molecule has 2 atom stereocenters. The van der Waals surface area contributed by atoms with Crippen LogP contribution in [0.2, 0.25) is 0 Å². The zero-order valence-electron chi connectivity index (χ0n) is 8.34. The van der Waals surface area contributed by atoms with Gasteiger partial charge in [-0.25, -0.2) is 0 Å². The lowest BCUT2D eigenvalue weighted by atomic mass is 10.1. The predicted octanol–water partition coefficient (Wildman–Crippen LogP) is 1.98. The first-order valence-electron chi connectivity index (χ1n) is 5.04. The van der Waals surface area contributed by atoms with Crippen molar-refractivity contribution in [3.8, 4) is 0 Å². The number of aliphatic hydroxyl groups is 2. The second kappa shape index (κ2) is 4.36. The van der Waals surface area contributed by atoms with Crippen LogP contribution < -0.4 is 0 Å². The van der Waals surface area contributed by atoms with Crippen molar-refractivity contribution in [2.24, 2.45) is 0 Å². The van der Waals surface area contributed by atoms with Crippen molar-refractivity contribution in [2.75, 3.05) is 0 Å². The van der Waals surface area contributed by atoms with E-state index >= 15 is 0 Å². The van der Waals surface area contributed by atoms with Gasteiger partial charge >= 0.3 is 0 Å². The molecule has 0 saturated carbocycles. The van der Waals surface area contributed by atoms with Crippen LogP contribution in [0.4, 0.5) is 0 Å². The van der Waals surface area contributed by atoms with Crippen molar-refractivity contribution in [3.63, 3.8) is 0 Å². The molecule has 0 radical (unpaired) electrons. The van der Waals surface area contributed by atoms with Gasteiger partial charge in [0.1, 0.15) is 23.7 Å². The molecule has 0 aromatic heterocycles. The molecule has 0 aromatic carbocycles. The summed E-state index contributed by atoms with van der Waals surface area (Å²) in [6.45, 7) is 0. The van der Waals surface area contributed by atoms with Gasteiger partial charge in [-0.3, -0.25) is 0 Å². The highest BCUT2D eigenvalue weighted by Crippen LogP contribution is 2.20. The van der Waals surface area contributed by atoms with Crippen molar-refractivity contribution in [1.29, 1.82) is 0 Å². The van der Waals surface area contributed by atoms with E-state index in [0.29, 0.717) is 12.2 Å². The van der Waals surface area contributed by atoms with Gasteiger partial charge in [0.15, 0.2) is 0 Å². The van der Waals surface area contributed by atoms with Gasteiger partial charge in [0.25, 0.3) is 0 Å². The molecular formula is C12H14O3. The van der Waals surface area contributed by atoms with Crippen LogP contribution in [0.1, 0.15) is 12.8 Å². The number of allylic oxidation sites excluding steroid dienone is 3. The van der Waals surface area contributed by atoms with Crippen LogP contribution in [0.15, 0.2) is 48.0 Å². The summed E-state index contributed by atoms with van der Waals surface area (Å²) in [5.41, 5.74) is 0. The molecule has 0 heterocycles. The summed E-state index contributed by atoms with van der Waals surface area (Å²) in [5, 5.41) is 18.6. The summed E-state index contributed by atoms with van der Waals surface area (Å²) in [7, 11) is 0. The number of aliphatic hydroxyl groups excluding tert-OH is 2. The molecule has 2 N–H and O–H groups in total. The minimum absolute atomic E-state index is 0.0252. The third kappa shape index (κ3) is 2.50. The Hall–Kier alpha value is -1.48. The molecule has 0 bridgehead atoms.